The predicted molar refractivity (Wildman–Crippen MR) is 67.4 cm³/mol. The highest BCUT2D eigenvalue weighted by Gasteiger charge is 2.16. The summed E-state index contributed by atoms with van der Waals surface area (Å²) in [4.78, 5) is 13.3. The van der Waals surface area contributed by atoms with Crippen molar-refractivity contribution in [1.29, 1.82) is 0 Å². The first-order chi connectivity index (χ1) is 8.15. The van der Waals surface area contributed by atoms with Gasteiger partial charge in [-0.25, -0.2) is 0 Å². The SMILES string of the molecule is CC(C)Oc1ccc(N2CCNC(=O)C2)cc1. The molecule has 0 radical (unpaired) electrons. The molecule has 4 heteroatoms. The molecule has 1 aromatic carbocycles. The minimum atomic E-state index is 0.0822. The molecule has 0 bridgehead atoms. The molecule has 1 N–H and O–H groups in total. The van der Waals surface area contributed by atoms with Gasteiger partial charge in [0.05, 0.1) is 12.6 Å². The fourth-order valence-corrected chi connectivity index (χ4v) is 1.87. The van der Waals surface area contributed by atoms with Crippen molar-refractivity contribution in [2.45, 2.75) is 20.0 Å². The van der Waals surface area contributed by atoms with Crippen molar-refractivity contribution in [1.82, 2.24) is 5.32 Å². The summed E-state index contributed by atoms with van der Waals surface area (Å²) in [5, 5.41) is 2.81. The van der Waals surface area contributed by atoms with E-state index in [9.17, 15) is 4.79 Å². The van der Waals surface area contributed by atoms with E-state index in [1.165, 1.54) is 0 Å². The number of benzene rings is 1. The van der Waals surface area contributed by atoms with Crippen molar-refractivity contribution in [3.8, 4) is 5.75 Å². The van der Waals surface area contributed by atoms with Crippen molar-refractivity contribution in [3.05, 3.63) is 24.3 Å². The maximum atomic E-state index is 11.3. The Morgan fingerprint density at radius 1 is 1.29 bits per heavy atom. The molecule has 2 rings (SSSR count). The number of carbonyl (C=O) groups is 1. The molecule has 1 aromatic rings. The maximum absolute atomic E-state index is 11.3. The van der Waals surface area contributed by atoms with E-state index in [1.807, 2.05) is 38.1 Å². The standard InChI is InChI=1S/C13H18N2O2/c1-10(2)17-12-5-3-11(4-6-12)15-8-7-14-13(16)9-15/h3-6,10H,7-9H2,1-2H3,(H,14,16). The fourth-order valence-electron chi connectivity index (χ4n) is 1.87. The van der Waals surface area contributed by atoms with Gasteiger partial charge in [0.1, 0.15) is 5.75 Å². The largest absolute Gasteiger partial charge is 0.491 e. The second-order valence-corrected chi connectivity index (χ2v) is 4.43. The molecular weight excluding hydrogens is 216 g/mol. The van der Waals surface area contributed by atoms with E-state index in [-0.39, 0.29) is 12.0 Å². The van der Waals surface area contributed by atoms with E-state index in [0.29, 0.717) is 13.1 Å². The zero-order valence-electron chi connectivity index (χ0n) is 10.3. The zero-order valence-corrected chi connectivity index (χ0v) is 10.3. The molecular formula is C13H18N2O2. The predicted octanol–water partition coefficient (Wildman–Crippen LogP) is 1.41. The number of nitrogens with one attached hydrogen (secondary N) is 1. The molecule has 1 amide bonds. The van der Waals surface area contributed by atoms with E-state index in [2.05, 4.69) is 10.2 Å². The monoisotopic (exact) mass is 234 g/mol. The van der Waals surface area contributed by atoms with E-state index >= 15 is 0 Å². The lowest BCUT2D eigenvalue weighted by molar-refractivity contribution is -0.120. The van der Waals surface area contributed by atoms with E-state index < -0.39 is 0 Å². The van der Waals surface area contributed by atoms with Crippen LogP contribution < -0.4 is 15.0 Å². The lowest BCUT2D eigenvalue weighted by atomic mass is 10.2. The first kappa shape index (κ1) is 11.8. The average Bonchev–Trinajstić information content (AvgIpc) is 2.29. The topological polar surface area (TPSA) is 41.6 Å². The summed E-state index contributed by atoms with van der Waals surface area (Å²) in [5.41, 5.74) is 1.07. The van der Waals surface area contributed by atoms with Crippen LogP contribution in [-0.2, 0) is 4.79 Å². The number of carbonyl (C=O) groups excluding carboxylic acids is 1. The second kappa shape index (κ2) is 5.08. The molecule has 4 nitrogen and oxygen atoms in total. The van der Waals surface area contributed by atoms with Gasteiger partial charge in [-0.2, -0.15) is 0 Å². The third-order valence-electron chi connectivity index (χ3n) is 2.61. The molecule has 1 saturated heterocycles. The van der Waals surface area contributed by atoms with Crippen molar-refractivity contribution >= 4 is 11.6 Å². The molecule has 0 aliphatic carbocycles. The van der Waals surface area contributed by atoms with Crippen LogP contribution in [0, 0.1) is 0 Å². The van der Waals surface area contributed by atoms with Gasteiger partial charge in [-0.05, 0) is 38.1 Å². The van der Waals surface area contributed by atoms with Crippen molar-refractivity contribution in [2.75, 3.05) is 24.5 Å². The number of hydrogen-bond donors (Lipinski definition) is 1. The minimum Gasteiger partial charge on any atom is -0.491 e. The molecule has 0 unspecified atom stereocenters. The number of ether oxygens (including phenoxy) is 1. The molecule has 1 aliphatic rings. The van der Waals surface area contributed by atoms with Gasteiger partial charge in [0.2, 0.25) is 5.91 Å². The number of hydrogen-bond acceptors (Lipinski definition) is 3. The van der Waals surface area contributed by atoms with Crippen LogP contribution in [0.2, 0.25) is 0 Å². The Bertz CT molecular complexity index is 387. The minimum absolute atomic E-state index is 0.0822. The Morgan fingerprint density at radius 3 is 2.59 bits per heavy atom. The van der Waals surface area contributed by atoms with Gasteiger partial charge >= 0.3 is 0 Å². The van der Waals surface area contributed by atoms with Crippen LogP contribution in [0.4, 0.5) is 5.69 Å². The van der Waals surface area contributed by atoms with Crippen LogP contribution in [-0.4, -0.2) is 31.6 Å². The van der Waals surface area contributed by atoms with E-state index in [4.69, 9.17) is 4.74 Å². The number of nitrogens with zero attached hydrogens (tertiary/aromatic N) is 1. The lowest BCUT2D eigenvalue weighted by Gasteiger charge is -2.28. The summed E-state index contributed by atoms with van der Waals surface area (Å²) in [6.07, 6.45) is 0.182. The molecule has 1 heterocycles. The van der Waals surface area contributed by atoms with Crippen molar-refractivity contribution in [3.63, 3.8) is 0 Å². The van der Waals surface area contributed by atoms with Gasteiger partial charge < -0.3 is 15.0 Å². The fraction of sp³-hybridized carbons (Fsp3) is 0.462. The van der Waals surface area contributed by atoms with Crippen LogP contribution in [0.3, 0.4) is 0 Å². The third-order valence-corrected chi connectivity index (χ3v) is 2.61. The highest BCUT2D eigenvalue weighted by Crippen LogP contribution is 2.20. The van der Waals surface area contributed by atoms with Gasteiger partial charge in [-0.15, -0.1) is 0 Å². The quantitative estimate of drug-likeness (QED) is 0.859. The van der Waals surface area contributed by atoms with Gasteiger partial charge in [0, 0.05) is 18.8 Å². The number of amides is 1. The Kier molecular flexibility index (Phi) is 3.52. The number of piperazine rings is 1. The van der Waals surface area contributed by atoms with Gasteiger partial charge in [0.15, 0.2) is 0 Å². The average molecular weight is 234 g/mol. The summed E-state index contributed by atoms with van der Waals surface area (Å²) >= 11 is 0. The zero-order chi connectivity index (χ0) is 12.3. The smallest absolute Gasteiger partial charge is 0.239 e. The van der Waals surface area contributed by atoms with Crippen molar-refractivity contribution < 1.29 is 9.53 Å². The normalized spacial score (nSPS) is 15.9. The van der Waals surface area contributed by atoms with Gasteiger partial charge in [0.25, 0.3) is 0 Å². The maximum Gasteiger partial charge on any atom is 0.239 e. The first-order valence-electron chi connectivity index (χ1n) is 5.93. The Labute approximate surface area is 102 Å². The van der Waals surface area contributed by atoms with Gasteiger partial charge in [-0.1, -0.05) is 0 Å². The molecule has 1 fully saturated rings. The molecule has 1 aliphatic heterocycles. The first-order valence-corrected chi connectivity index (χ1v) is 5.93. The molecule has 17 heavy (non-hydrogen) atoms. The summed E-state index contributed by atoms with van der Waals surface area (Å²) in [6, 6.07) is 7.89. The Hall–Kier alpha value is -1.71. The summed E-state index contributed by atoms with van der Waals surface area (Å²) < 4.78 is 5.58. The summed E-state index contributed by atoms with van der Waals surface area (Å²) in [5.74, 6) is 0.948. The molecule has 0 spiro atoms. The highest BCUT2D eigenvalue weighted by molar-refractivity contribution is 5.82. The number of anilines is 1. The van der Waals surface area contributed by atoms with E-state index in [1.54, 1.807) is 0 Å². The van der Waals surface area contributed by atoms with Crippen LogP contribution in [0.15, 0.2) is 24.3 Å². The van der Waals surface area contributed by atoms with E-state index in [0.717, 1.165) is 18.0 Å². The van der Waals surface area contributed by atoms with Crippen LogP contribution in [0.1, 0.15) is 13.8 Å². The second-order valence-electron chi connectivity index (χ2n) is 4.43. The third kappa shape index (κ3) is 3.12. The molecule has 0 saturated carbocycles. The van der Waals surface area contributed by atoms with Gasteiger partial charge in [-0.3, -0.25) is 4.79 Å². The Morgan fingerprint density at radius 2 is 2.00 bits per heavy atom. The number of rotatable bonds is 3. The molecule has 92 valence electrons. The molecule has 0 atom stereocenters. The summed E-state index contributed by atoms with van der Waals surface area (Å²) in [7, 11) is 0. The molecule has 0 aromatic heterocycles. The highest BCUT2D eigenvalue weighted by atomic mass is 16.5. The Balaban J connectivity index is 2.04. The van der Waals surface area contributed by atoms with Crippen LogP contribution >= 0.6 is 0 Å². The van der Waals surface area contributed by atoms with Crippen LogP contribution in [0.5, 0.6) is 5.75 Å². The lowest BCUT2D eigenvalue weighted by Crippen LogP contribution is -2.47. The van der Waals surface area contributed by atoms with Crippen molar-refractivity contribution in [2.24, 2.45) is 0 Å². The summed E-state index contributed by atoms with van der Waals surface area (Å²) in [6.45, 7) is 6.01. The van der Waals surface area contributed by atoms with Crippen LogP contribution in [0.25, 0.3) is 0 Å².